The Bertz CT molecular complexity index is 831. The Morgan fingerprint density at radius 1 is 1.13 bits per heavy atom. The highest BCUT2D eigenvalue weighted by atomic mass is 35.5. The molecule has 23 heavy (non-hydrogen) atoms. The molecule has 0 saturated carbocycles. The highest BCUT2D eigenvalue weighted by Gasteiger charge is 2.19. The number of fused-ring (bicyclic) bond motifs is 1. The van der Waals surface area contributed by atoms with Gasteiger partial charge in [0, 0.05) is 19.2 Å². The molecule has 2 aromatic rings. The van der Waals surface area contributed by atoms with Gasteiger partial charge in [-0.3, -0.25) is 13.9 Å². The van der Waals surface area contributed by atoms with Crippen molar-refractivity contribution in [2.75, 3.05) is 0 Å². The number of ether oxygens (including phenoxy) is 1. The van der Waals surface area contributed by atoms with Gasteiger partial charge in [-0.25, -0.2) is 4.39 Å². The lowest BCUT2D eigenvalue weighted by Crippen LogP contribution is -2.18. The summed E-state index contributed by atoms with van der Waals surface area (Å²) in [7, 11) is 0. The van der Waals surface area contributed by atoms with Crippen molar-refractivity contribution in [3.8, 4) is 11.4 Å². The highest BCUT2D eigenvalue weighted by Crippen LogP contribution is 2.31. The SMILES string of the molecule is CC(C)Oc1cc(-n2c(=S)n3n(c2=S)CCCC3)c(F)cc1Cl. The van der Waals surface area contributed by atoms with Gasteiger partial charge in [-0.15, -0.1) is 0 Å². The molecule has 1 aliphatic rings. The lowest BCUT2D eigenvalue weighted by atomic mass is 10.2. The van der Waals surface area contributed by atoms with Crippen LogP contribution in [0.25, 0.3) is 5.69 Å². The van der Waals surface area contributed by atoms with Crippen LogP contribution in [0.1, 0.15) is 26.7 Å². The van der Waals surface area contributed by atoms with Crippen LogP contribution >= 0.6 is 36.0 Å². The van der Waals surface area contributed by atoms with E-state index in [1.165, 1.54) is 6.07 Å². The van der Waals surface area contributed by atoms with Crippen molar-refractivity contribution < 1.29 is 9.13 Å². The van der Waals surface area contributed by atoms with Crippen LogP contribution in [0.4, 0.5) is 4.39 Å². The Hall–Kier alpha value is -1.18. The first-order chi connectivity index (χ1) is 10.9. The molecule has 124 valence electrons. The van der Waals surface area contributed by atoms with E-state index in [0.717, 1.165) is 25.9 Å². The maximum absolute atomic E-state index is 14.5. The third-order valence-corrected chi connectivity index (χ3v) is 4.79. The van der Waals surface area contributed by atoms with Crippen molar-refractivity contribution in [2.45, 2.75) is 45.9 Å². The van der Waals surface area contributed by atoms with Gasteiger partial charge in [0.1, 0.15) is 11.6 Å². The quantitative estimate of drug-likeness (QED) is 0.714. The van der Waals surface area contributed by atoms with E-state index in [1.54, 1.807) is 10.6 Å². The van der Waals surface area contributed by atoms with Gasteiger partial charge in [0.2, 0.25) is 9.54 Å². The molecule has 0 atom stereocenters. The van der Waals surface area contributed by atoms with Gasteiger partial charge in [-0.2, -0.15) is 0 Å². The Kier molecular flexibility index (Phi) is 4.62. The van der Waals surface area contributed by atoms with Gasteiger partial charge in [-0.05, 0) is 57.2 Å². The summed E-state index contributed by atoms with van der Waals surface area (Å²) in [6, 6.07) is 2.81. The minimum absolute atomic E-state index is 0.0710. The smallest absolute Gasteiger partial charge is 0.201 e. The summed E-state index contributed by atoms with van der Waals surface area (Å²) in [5, 5.41) is 0.231. The molecule has 1 aromatic carbocycles. The highest BCUT2D eigenvalue weighted by molar-refractivity contribution is 7.72. The van der Waals surface area contributed by atoms with E-state index >= 15 is 0 Å². The van der Waals surface area contributed by atoms with E-state index in [0.29, 0.717) is 15.3 Å². The summed E-state index contributed by atoms with van der Waals surface area (Å²) in [6.07, 6.45) is 2.01. The first kappa shape index (κ1) is 16.7. The number of nitrogens with zero attached hydrogens (tertiary/aromatic N) is 3. The van der Waals surface area contributed by atoms with Crippen LogP contribution in [-0.4, -0.2) is 20.0 Å². The Morgan fingerprint density at radius 3 is 2.22 bits per heavy atom. The van der Waals surface area contributed by atoms with E-state index in [2.05, 4.69) is 0 Å². The number of aromatic nitrogens is 3. The van der Waals surface area contributed by atoms with Crippen molar-refractivity contribution in [2.24, 2.45) is 0 Å². The molecule has 0 amide bonds. The van der Waals surface area contributed by atoms with E-state index in [9.17, 15) is 4.39 Å². The van der Waals surface area contributed by atoms with Crippen molar-refractivity contribution >= 4 is 36.0 Å². The molecule has 1 aromatic heterocycles. The zero-order chi connectivity index (χ0) is 16.7. The van der Waals surface area contributed by atoms with E-state index in [-0.39, 0.29) is 16.8 Å². The number of hydrogen-bond donors (Lipinski definition) is 0. The Morgan fingerprint density at radius 2 is 1.70 bits per heavy atom. The molecule has 0 fully saturated rings. The predicted molar refractivity (Wildman–Crippen MR) is 93.4 cm³/mol. The molecule has 0 saturated heterocycles. The molecule has 3 rings (SSSR count). The summed E-state index contributed by atoms with van der Waals surface area (Å²) in [5.74, 6) is -0.0552. The zero-order valence-corrected chi connectivity index (χ0v) is 15.3. The summed E-state index contributed by atoms with van der Waals surface area (Å²) < 4.78 is 26.6. The fourth-order valence-corrected chi connectivity index (χ4v) is 3.72. The average molecular weight is 374 g/mol. The monoisotopic (exact) mass is 373 g/mol. The van der Waals surface area contributed by atoms with Crippen molar-refractivity contribution in [1.29, 1.82) is 0 Å². The molecule has 2 heterocycles. The number of hydrogen-bond acceptors (Lipinski definition) is 3. The second-order valence-corrected chi connectivity index (χ2v) is 6.89. The normalized spacial score (nSPS) is 14.1. The number of rotatable bonds is 3. The molecule has 0 spiro atoms. The lowest BCUT2D eigenvalue weighted by Gasteiger charge is -2.15. The fourth-order valence-electron chi connectivity index (χ4n) is 2.72. The van der Waals surface area contributed by atoms with Crippen molar-refractivity contribution in [1.82, 2.24) is 13.9 Å². The van der Waals surface area contributed by atoms with Crippen molar-refractivity contribution in [3.05, 3.63) is 32.5 Å². The third-order valence-electron chi connectivity index (χ3n) is 3.71. The second kappa shape index (κ2) is 6.37. The van der Waals surface area contributed by atoms with Gasteiger partial charge in [-0.1, -0.05) is 11.6 Å². The molecule has 4 nitrogen and oxygen atoms in total. The van der Waals surface area contributed by atoms with Crippen molar-refractivity contribution in [3.63, 3.8) is 0 Å². The molecule has 1 aliphatic heterocycles. The Balaban J connectivity index is 2.22. The summed E-state index contributed by atoms with van der Waals surface area (Å²) in [5.41, 5.74) is 0.273. The summed E-state index contributed by atoms with van der Waals surface area (Å²) >= 11 is 17.1. The molecular formula is C15H17ClFN3OS2. The van der Waals surface area contributed by atoms with Gasteiger partial charge in [0.05, 0.1) is 16.8 Å². The van der Waals surface area contributed by atoms with Crippen LogP contribution in [0.2, 0.25) is 5.02 Å². The largest absolute Gasteiger partial charge is 0.489 e. The molecule has 0 aliphatic carbocycles. The van der Waals surface area contributed by atoms with E-state index in [4.69, 9.17) is 40.8 Å². The van der Waals surface area contributed by atoms with E-state index in [1.807, 2.05) is 23.2 Å². The average Bonchev–Trinajstić information content (AvgIpc) is 2.74. The summed E-state index contributed by atoms with van der Waals surface area (Å²) in [6.45, 7) is 5.35. The van der Waals surface area contributed by atoms with Gasteiger partial charge < -0.3 is 4.74 Å². The molecule has 0 unspecified atom stereocenters. The topological polar surface area (TPSA) is 24.0 Å². The first-order valence-corrected chi connectivity index (χ1v) is 8.68. The number of halogens is 2. The van der Waals surface area contributed by atoms with Gasteiger partial charge in [0.25, 0.3) is 0 Å². The minimum atomic E-state index is -0.475. The van der Waals surface area contributed by atoms with Crippen LogP contribution in [0.15, 0.2) is 12.1 Å². The fraction of sp³-hybridized carbons (Fsp3) is 0.467. The van der Waals surface area contributed by atoms with Crippen LogP contribution in [-0.2, 0) is 13.1 Å². The van der Waals surface area contributed by atoms with Gasteiger partial charge in [0.15, 0.2) is 0 Å². The standard InChI is InChI=1S/C15H17ClFN3OS2/c1-9(2)21-13-8-12(11(17)7-10(13)16)20-14(22)18-5-3-4-6-19(18)15(20)23/h7-9H,3-6H2,1-2H3. The molecular weight excluding hydrogens is 357 g/mol. The third kappa shape index (κ3) is 2.97. The van der Waals surface area contributed by atoms with Crippen LogP contribution < -0.4 is 4.74 Å². The maximum atomic E-state index is 14.5. The lowest BCUT2D eigenvalue weighted by molar-refractivity contribution is 0.242. The zero-order valence-electron chi connectivity index (χ0n) is 12.9. The minimum Gasteiger partial charge on any atom is -0.489 e. The number of benzene rings is 1. The van der Waals surface area contributed by atoms with Crippen LogP contribution in [0, 0.1) is 15.4 Å². The Labute approximate surface area is 149 Å². The first-order valence-electron chi connectivity index (χ1n) is 7.49. The van der Waals surface area contributed by atoms with Gasteiger partial charge >= 0.3 is 0 Å². The molecule has 0 bridgehead atoms. The molecule has 8 heteroatoms. The summed E-state index contributed by atoms with van der Waals surface area (Å²) in [4.78, 5) is 0. The van der Waals surface area contributed by atoms with E-state index < -0.39 is 5.82 Å². The predicted octanol–water partition coefficient (Wildman–Crippen LogP) is 4.91. The molecule has 0 N–H and O–H groups in total. The molecule has 0 radical (unpaired) electrons. The van der Waals surface area contributed by atoms with Crippen LogP contribution in [0.3, 0.4) is 0 Å². The maximum Gasteiger partial charge on any atom is 0.201 e. The second-order valence-electron chi connectivity index (χ2n) is 5.75. The van der Waals surface area contributed by atoms with Crippen LogP contribution in [0.5, 0.6) is 5.75 Å².